The highest BCUT2D eigenvalue weighted by molar-refractivity contribution is 6.13. The van der Waals surface area contributed by atoms with E-state index in [0.717, 1.165) is 31.7 Å². The van der Waals surface area contributed by atoms with Gasteiger partial charge in [0.05, 0.1) is 0 Å². The van der Waals surface area contributed by atoms with Gasteiger partial charge < -0.3 is 15.0 Å². The van der Waals surface area contributed by atoms with Crippen LogP contribution < -0.4 is 10.1 Å². The smallest absolute Gasteiger partial charge is 0.240 e. The first kappa shape index (κ1) is 17.6. The molecule has 2 aromatic rings. The monoisotopic (exact) mass is 364 g/mol. The Hall–Kier alpha value is -2.82. The summed E-state index contributed by atoms with van der Waals surface area (Å²) in [5.74, 6) is 1.28. The second-order valence-electron chi connectivity index (χ2n) is 7.33. The fourth-order valence-electron chi connectivity index (χ4n) is 3.54. The average Bonchev–Trinajstić information content (AvgIpc) is 3.52. The van der Waals surface area contributed by atoms with E-state index in [2.05, 4.69) is 5.32 Å². The number of ether oxygens (including phenoxy) is 1. The molecule has 0 atom stereocenters. The van der Waals surface area contributed by atoms with Gasteiger partial charge in [0.25, 0.3) is 0 Å². The van der Waals surface area contributed by atoms with Gasteiger partial charge in [-0.2, -0.15) is 0 Å². The number of carbonyl (C=O) groups excluding carboxylic acids is 2. The van der Waals surface area contributed by atoms with Crippen LogP contribution in [0.3, 0.4) is 0 Å². The van der Waals surface area contributed by atoms with Gasteiger partial charge in [0.2, 0.25) is 11.8 Å². The predicted molar refractivity (Wildman–Crippen MR) is 104 cm³/mol. The average molecular weight is 364 g/mol. The first-order chi connectivity index (χ1) is 13.2. The van der Waals surface area contributed by atoms with Crippen LogP contribution in [0.4, 0.5) is 5.69 Å². The maximum absolute atomic E-state index is 12.8. The minimum Gasteiger partial charge on any atom is -0.457 e. The van der Waals surface area contributed by atoms with Crippen molar-refractivity contribution in [1.29, 1.82) is 0 Å². The molecule has 2 aliphatic rings. The maximum atomic E-state index is 12.8. The highest BCUT2D eigenvalue weighted by atomic mass is 16.5. The number of nitrogens with one attached hydrogen (secondary N) is 1. The lowest BCUT2D eigenvalue weighted by Crippen LogP contribution is -2.45. The maximum Gasteiger partial charge on any atom is 0.240 e. The molecule has 1 aliphatic heterocycles. The molecule has 5 nitrogen and oxygen atoms in total. The van der Waals surface area contributed by atoms with Crippen molar-refractivity contribution < 1.29 is 14.3 Å². The zero-order valence-corrected chi connectivity index (χ0v) is 15.3. The number of para-hydroxylation sites is 1. The molecule has 0 spiro atoms. The Balaban J connectivity index is 1.38. The van der Waals surface area contributed by atoms with Gasteiger partial charge in [0.1, 0.15) is 16.9 Å². The summed E-state index contributed by atoms with van der Waals surface area (Å²) in [6.07, 6.45) is 4.52. The van der Waals surface area contributed by atoms with Crippen LogP contribution in [-0.4, -0.2) is 29.8 Å². The number of piperidine rings is 1. The lowest BCUT2D eigenvalue weighted by atomic mass is 10.0. The van der Waals surface area contributed by atoms with Crippen LogP contribution in [0.2, 0.25) is 0 Å². The van der Waals surface area contributed by atoms with Crippen molar-refractivity contribution in [3.63, 3.8) is 0 Å². The van der Waals surface area contributed by atoms with Gasteiger partial charge >= 0.3 is 0 Å². The summed E-state index contributed by atoms with van der Waals surface area (Å²) in [7, 11) is 0. The molecule has 2 aromatic carbocycles. The first-order valence-corrected chi connectivity index (χ1v) is 9.61. The Morgan fingerprint density at radius 1 is 0.852 bits per heavy atom. The molecular weight excluding hydrogens is 340 g/mol. The van der Waals surface area contributed by atoms with Gasteiger partial charge in [0.15, 0.2) is 0 Å². The zero-order chi connectivity index (χ0) is 18.7. The normalized spacial score (nSPS) is 17.9. The summed E-state index contributed by atoms with van der Waals surface area (Å²) in [6.45, 7) is 1.55. The minimum absolute atomic E-state index is 0.00345. The Kier molecular flexibility index (Phi) is 4.84. The number of carbonyl (C=O) groups is 2. The quantitative estimate of drug-likeness (QED) is 0.809. The summed E-state index contributed by atoms with van der Waals surface area (Å²) < 4.78 is 5.76. The number of hydrogen-bond donors (Lipinski definition) is 1. The fourth-order valence-corrected chi connectivity index (χ4v) is 3.54. The molecule has 4 rings (SSSR count). The number of hydrogen-bond acceptors (Lipinski definition) is 3. The molecule has 1 aliphatic carbocycles. The van der Waals surface area contributed by atoms with E-state index < -0.39 is 5.41 Å². The molecule has 1 saturated heterocycles. The number of anilines is 1. The summed E-state index contributed by atoms with van der Waals surface area (Å²) in [6, 6.07) is 16.8. The van der Waals surface area contributed by atoms with Crippen molar-refractivity contribution in [2.24, 2.45) is 5.41 Å². The van der Waals surface area contributed by atoms with E-state index in [1.54, 1.807) is 12.1 Å². The van der Waals surface area contributed by atoms with E-state index in [-0.39, 0.29) is 11.8 Å². The molecule has 2 fully saturated rings. The third-order valence-corrected chi connectivity index (χ3v) is 5.33. The van der Waals surface area contributed by atoms with E-state index >= 15 is 0 Å². The number of likely N-dealkylation sites (tertiary alicyclic amines) is 1. The summed E-state index contributed by atoms with van der Waals surface area (Å²) >= 11 is 0. The molecule has 27 heavy (non-hydrogen) atoms. The lowest BCUT2D eigenvalue weighted by Gasteiger charge is -2.30. The third kappa shape index (κ3) is 3.82. The Labute approximate surface area is 159 Å². The van der Waals surface area contributed by atoms with Crippen molar-refractivity contribution in [3.05, 3.63) is 54.6 Å². The van der Waals surface area contributed by atoms with E-state index in [0.29, 0.717) is 24.3 Å². The van der Waals surface area contributed by atoms with E-state index in [1.807, 2.05) is 47.4 Å². The second-order valence-corrected chi connectivity index (χ2v) is 7.33. The van der Waals surface area contributed by atoms with Crippen molar-refractivity contribution in [2.45, 2.75) is 32.1 Å². The minimum atomic E-state index is -0.851. The van der Waals surface area contributed by atoms with Crippen LogP contribution in [0, 0.1) is 5.41 Å². The summed E-state index contributed by atoms with van der Waals surface area (Å²) in [5.41, 5.74) is -0.172. The van der Waals surface area contributed by atoms with Gasteiger partial charge in [-0.3, -0.25) is 9.59 Å². The van der Waals surface area contributed by atoms with Gasteiger partial charge in [0, 0.05) is 18.8 Å². The van der Waals surface area contributed by atoms with Crippen molar-refractivity contribution >= 4 is 17.5 Å². The van der Waals surface area contributed by atoms with Crippen LogP contribution in [0.5, 0.6) is 11.5 Å². The van der Waals surface area contributed by atoms with E-state index in [1.165, 1.54) is 6.42 Å². The predicted octanol–water partition coefficient (Wildman–Crippen LogP) is 4.21. The molecule has 5 heteroatoms. The SMILES string of the molecule is O=C(Nc1ccc(Oc2ccccc2)cc1)C1(C(=O)N2CCCCC2)CC1. The summed E-state index contributed by atoms with van der Waals surface area (Å²) in [5, 5.41) is 2.91. The molecule has 2 amide bonds. The Morgan fingerprint density at radius 3 is 2.11 bits per heavy atom. The van der Waals surface area contributed by atoms with Crippen LogP contribution in [0.15, 0.2) is 54.6 Å². The van der Waals surface area contributed by atoms with Gasteiger partial charge in [-0.1, -0.05) is 18.2 Å². The van der Waals surface area contributed by atoms with Crippen molar-refractivity contribution in [3.8, 4) is 11.5 Å². The van der Waals surface area contributed by atoms with E-state index in [4.69, 9.17) is 4.74 Å². The van der Waals surface area contributed by atoms with Crippen LogP contribution in [-0.2, 0) is 9.59 Å². The third-order valence-electron chi connectivity index (χ3n) is 5.33. The summed E-state index contributed by atoms with van der Waals surface area (Å²) in [4.78, 5) is 27.5. The highest BCUT2D eigenvalue weighted by Gasteiger charge is 2.58. The number of benzene rings is 2. The molecule has 0 aromatic heterocycles. The van der Waals surface area contributed by atoms with E-state index in [9.17, 15) is 9.59 Å². The number of nitrogens with zero attached hydrogens (tertiary/aromatic N) is 1. The standard InChI is InChI=1S/C22H24N2O3/c25-20(22(13-14-22)21(26)24-15-5-2-6-16-24)23-17-9-11-19(12-10-17)27-18-7-3-1-4-8-18/h1,3-4,7-12H,2,5-6,13-16H2,(H,23,25). The molecule has 0 unspecified atom stereocenters. The lowest BCUT2D eigenvalue weighted by molar-refractivity contribution is -0.143. The van der Waals surface area contributed by atoms with Crippen molar-refractivity contribution in [2.75, 3.05) is 18.4 Å². The Morgan fingerprint density at radius 2 is 1.48 bits per heavy atom. The second kappa shape index (κ2) is 7.43. The molecule has 140 valence electrons. The molecule has 1 saturated carbocycles. The fraction of sp³-hybridized carbons (Fsp3) is 0.364. The molecule has 0 radical (unpaired) electrons. The van der Waals surface area contributed by atoms with Crippen molar-refractivity contribution in [1.82, 2.24) is 4.90 Å². The molecule has 0 bridgehead atoms. The molecular formula is C22H24N2O3. The topological polar surface area (TPSA) is 58.6 Å². The molecule has 1 heterocycles. The Bertz CT molecular complexity index is 807. The van der Waals surface area contributed by atoms with Crippen LogP contribution >= 0.6 is 0 Å². The van der Waals surface area contributed by atoms with Gasteiger partial charge in [-0.25, -0.2) is 0 Å². The first-order valence-electron chi connectivity index (χ1n) is 9.61. The van der Waals surface area contributed by atoms with Gasteiger partial charge in [-0.05, 0) is 68.5 Å². The van der Waals surface area contributed by atoms with Crippen LogP contribution in [0.1, 0.15) is 32.1 Å². The van der Waals surface area contributed by atoms with Gasteiger partial charge in [-0.15, -0.1) is 0 Å². The number of amides is 2. The number of rotatable bonds is 5. The molecule has 1 N–H and O–H groups in total. The van der Waals surface area contributed by atoms with Crippen LogP contribution in [0.25, 0.3) is 0 Å². The zero-order valence-electron chi connectivity index (χ0n) is 15.3. The largest absolute Gasteiger partial charge is 0.457 e. The highest BCUT2D eigenvalue weighted by Crippen LogP contribution is 2.48.